The van der Waals surface area contributed by atoms with Gasteiger partial charge in [-0.25, -0.2) is 0 Å². The van der Waals surface area contributed by atoms with E-state index in [0.29, 0.717) is 26.2 Å². The topological polar surface area (TPSA) is 78.7 Å². The van der Waals surface area contributed by atoms with Crippen molar-refractivity contribution >= 4 is 36.6 Å². The van der Waals surface area contributed by atoms with Crippen LogP contribution < -0.4 is 11.1 Å². The summed E-state index contributed by atoms with van der Waals surface area (Å²) in [4.78, 5) is 29.4. The zero-order valence-corrected chi connectivity index (χ0v) is 17.7. The van der Waals surface area contributed by atoms with E-state index in [2.05, 4.69) is 10.2 Å². The molecule has 2 unspecified atom stereocenters. The van der Waals surface area contributed by atoms with E-state index in [-0.39, 0.29) is 48.6 Å². The van der Waals surface area contributed by atoms with Crippen LogP contribution in [0.2, 0.25) is 0 Å². The first-order valence-electron chi connectivity index (χ1n) is 9.10. The molecule has 1 aromatic rings. The van der Waals surface area contributed by atoms with Gasteiger partial charge in [0.2, 0.25) is 11.8 Å². The number of nitrogens with zero attached hydrogens (tertiary/aromatic N) is 2. The van der Waals surface area contributed by atoms with Gasteiger partial charge in [0.25, 0.3) is 0 Å². The van der Waals surface area contributed by atoms with Gasteiger partial charge in [0.05, 0.1) is 5.92 Å². The summed E-state index contributed by atoms with van der Waals surface area (Å²) in [6, 6.07) is 9.54. The number of amides is 2. The number of benzene rings is 1. The van der Waals surface area contributed by atoms with Gasteiger partial charge in [-0.2, -0.15) is 0 Å². The van der Waals surface area contributed by atoms with Crippen molar-refractivity contribution < 1.29 is 9.59 Å². The number of hydrogen-bond donors (Lipinski definition) is 2. The molecule has 3 N–H and O–H groups in total. The molecule has 0 aliphatic carbocycles. The Hall–Kier alpha value is -1.34. The number of hydrogen-bond acceptors (Lipinski definition) is 4. The second-order valence-corrected chi connectivity index (χ2v) is 6.59. The van der Waals surface area contributed by atoms with Crippen LogP contribution in [0.4, 0.5) is 0 Å². The average molecular weight is 419 g/mol. The molecular formula is C19H32Cl2N4O2. The predicted molar refractivity (Wildman–Crippen MR) is 113 cm³/mol. The maximum Gasteiger partial charge on any atom is 0.244 e. The lowest BCUT2D eigenvalue weighted by molar-refractivity contribution is -0.140. The number of carbonyl (C=O) groups is 2. The van der Waals surface area contributed by atoms with Crippen molar-refractivity contribution in [2.75, 3.05) is 39.8 Å². The first kappa shape index (κ1) is 25.7. The molecule has 0 saturated carbocycles. The third-order valence-corrected chi connectivity index (χ3v) is 4.84. The Bertz CT molecular complexity index is 574. The number of halogens is 2. The lowest BCUT2D eigenvalue weighted by Gasteiger charge is -2.37. The van der Waals surface area contributed by atoms with Crippen LogP contribution in [-0.2, 0) is 9.59 Å². The molecule has 1 fully saturated rings. The number of likely N-dealkylation sites (N-methyl/N-ethyl adjacent to an activating group) is 1. The summed E-state index contributed by atoms with van der Waals surface area (Å²) in [7, 11) is 1.96. The molecule has 6 nitrogen and oxygen atoms in total. The van der Waals surface area contributed by atoms with Gasteiger partial charge in [0, 0.05) is 26.2 Å². The predicted octanol–water partition coefficient (Wildman–Crippen LogP) is 1.84. The Morgan fingerprint density at radius 3 is 2.56 bits per heavy atom. The lowest BCUT2D eigenvalue weighted by Crippen LogP contribution is -2.49. The third-order valence-electron chi connectivity index (χ3n) is 4.84. The van der Waals surface area contributed by atoms with Crippen molar-refractivity contribution in [3.8, 4) is 0 Å². The Labute approximate surface area is 174 Å². The molecule has 154 valence electrons. The van der Waals surface area contributed by atoms with Crippen LogP contribution in [-0.4, -0.2) is 61.4 Å². The van der Waals surface area contributed by atoms with Crippen LogP contribution in [0, 0.1) is 5.92 Å². The molecule has 1 heterocycles. The summed E-state index contributed by atoms with van der Waals surface area (Å²) in [5, 5.41) is 2.84. The fourth-order valence-corrected chi connectivity index (χ4v) is 3.31. The van der Waals surface area contributed by atoms with Crippen molar-refractivity contribution in [2.24, 2.45) is 11.7 Å². The molecule has 0 aromatic heterocycles. The Kier molecular flexibility index (Phi) is 12.3. The number of rotatable bonds is 7. The molecule has 1 aliphatic rings. The SMILES string of the molecule is CCN(C)C(C(=O)N1CCCC(C(=O)NCCN)C1)c1ccccc1.Cl.Cl. The van der Waals surface area contributed by atoms with Crippen LogP contribution in [0.5, 0.6) is 0 Å². The highest BCUT2D eigenvalue weighted by Crippen LogP contribution is 2.25. The quantitative estimate of drug-likeness (QED) is 0.707. The van der Waals surface area contributed by atoms with Gasteiger partial charge in [-0.15, -0.1) is 24.8 Å². The Morgan fingerprint density at radius 2 is 1.96 bits per heavy atom. The largest absolute Gasteiger partial charge is 0.355 e. The molecule has 0 spiro atoms. The molecule has 1 aromatic carbocycles. The minimum Gasteiger partial charge on any atom is -0.355 e. The lowest BCUT2D eigenvalue weighted by atomic mass is 9.95. The number of carbonyl (C=O) groups excluding carboxylic acids is 2. The van der Waals surface area contributed by atoms with E-state index < -0.39 is 0 Å². The summed E-state index contributed by atoms with van der Waals surface area (Å²) in [6.07, 6.45) is 1.67. The maximum atomic E-state index is 13.2. The molecule has 27 heavy (non-hydrogen) atoms. The van der Waals surface area contributed by atoms with Crippen molar-refractivity contribution in [1.29, 1.82) is 0 Å². The highest BCUT2D eigenvalue weighted by molar-refractivity contribution is 5.86. The van der Waals surface area contributed by atoms with Gasteiger partial charge in [-0.1, -0.05) is 37.3 Å². The highest BCUT2D eigenvalue weighted by Gasteiger charge is 2.33. The molecule has 2 atom stereocenters. The number of nitrogens with two attached hydrogens (primary N) is 1. The number of piperidine rings is 1. The van der Waals surface area contributed by atoms with Crippen LogP contribution in [0.3, 0.4) is 0 Å². The van der Waals surface area contributed by atoms with Gasteiger partial charge >= 0.3 is 0 Å². The monoisotopic (exact) mass is 418 g/mol. The fraction of sp³-hybridized carbons (Fsp3) is 0.579. The summed E-state index contributed by atoms with van der Waals surface area (Å²) in [5.74, 6) is -0.0671. The van der Waals surface area contributed by atoms with Crippen molar-refractivity contribution in [3.05, 3.63) is 35.9 Å². The van der Waals surface area contributed by atoms with E-state index >= 15 is 0 Å². The van der Waals surface area contributed by atoms with Crippen molar-refractivity contribution in [1.82, 2.24) is 15.1 Å². The minimum absolute atomic E-state index is 0. The van der Waals surface area contributed by atoms with Crippen LogP contribution in [0.15, 0.2) is 30.3 Å². The summed E-state index contributed by atoms with van der Waals surface area (Å²) >= 11 is 0. The molecular weight excluding hydrogens is 387 g/mol. The van der Waals surface area contributed by atoms with E-state index in [9.17, 15) is 9.59 Å². The molecule has 2 amide bonds. The number of nitrogens with one attached hydrogen (secondary N) is 1. The fourth-order valence-electron chi connectivity index (χ4n) is 3.31. The van der Waals surface area contributed by atoms with E-state index in [4.69, 9.17) is 5.73 Å². The molecule has 0 bridgehead atoms. The molecule has 2 rings (SSSR count). The first-order chi connectivity index (χ1) is 12.1. The van der Waals surface area contributed by atoms with E-state index in [1.54, 1.807) is 0 Å². The normalized spacial score (nSPS) is 17.5. The van der Waals surface area contributed by atoms with Crippen molar-refractivity contribution in [2.45, 2.75) is 25.8 Å². The van der Waals surface area contributed by atoms with Crippen LogP contribution in [0.25, 0.3) is 0 Å². The Morgan fingerprint density at radius 1 is 1.30 bits per heavy atom. The average Bonchev–Trinajstić information content (AvgIpc) is 2.66. The van der Waals surface area contributed by atoms with Crippen LogP contribution in [0.1, 0.15) is 31.4 Å². The van der Waals surface area contributed by atoms with E-state index in [1.165, 1.54) is 0 Å². The number of likely N-dealkylation sites (tertiary alicyclic amines) is 1. The van der Waals surface area contributed by atoms with Gasteiger partial charge in [-0.3, -0.25) is 14.5 Å². The second-order valence-electron chi connectivity index (χ2n) is 6.59. The second kappa shape index (κ2) is 12.9. The van der Waals surface area contributed by atoms with Gasteiger partial charge in [0.15, 0.2) is 0 Å². The first-order valence-corrected chi connectivity index (χ1v) is 9.10. The highest BCUT2D eigenvalue weighted by atomic mass is 35.5. The van der Waals surface area contributed by atoms with Gasteiger partial charge < -0.3 is 16.0 Å². The summed E-state index contributed by atoms with van der Waals surface area (Å²) in [5.41, 5.74) is 6.44. The zero-order chi connectivity index (χ0) is 18.2. The smallest absolute Gasteiger partial charge is 0.244 e. The van der Waals surface area contributed by atoms with Crippen LogP contribution >= 0.6 is 24.8 Å². The third kappa shape index (κ3) is 6.96. The summed E-state index contributed by atoms with van der Waals surface area (Å²) in [6.45, 7) is 4.92. The standard InChI is InChI=1S/C19H30N4O2.2ClH/c1-3-22(2)17(15-8-5-4-6-9-15)19(25)23-13-7-10-16(14-23)18(24)21-12-11-20;;/h4-6,8-9,16-17H,3,7,10-14,20H2,1-2H3,(H,21,24);2*1H. The van der Waals surface area contributed by atoms with E-state index in [0.717, 1.165) is 24.9 Å². The van der Waals surface area contributed by atoms with Crippen molar-refractivity contribution in [3.63, 3.8) is 0 Å². The Balaban J connectivity index is 0.00000338. The zero-order valence-electron chi connectivity index (χ0n) is 16.1. The molecule has 8 heteroatoms. The molecule has 0 radical (unpaired) electrons. The maximum absolute atomic E-state index is 13.2. The molecule has 1 saturated heterocycles. The minimum atomic E-state index is -0.308. The van der Waals surface area contributed by atoms with Gasteiger partial charge in [0.1, 0.15) is 6.04 Å². The van der Waals surface area contributed by atoms with Gasteiger partial charge in [-0.05, 0) is 32.0 Å². The van der Waals surface area contributed by atoms with E-state index in [1.807, 2.05) is 49.2 Å². The molecule has 1 aliphatic heterocycles. The summed E-state index contributed by atoms with van der Waals surface area (Å²) < 4.78 is 0.